The number of benzene rings is 1. The molecule has 2 bridgehead atoms. The largest absolute Gasteiger partial charge is 0.497 e. The number of aromatic amines is 1. The maximum atomic E-state index is 13.2. The molecule has 31 heavy (non-hydrogen) atoms. The molecule has 0 aliphatic carbocycles. The normalized spacial score (nSPS) is 28.1. The number of amides is 1. The van der Waals surface area contributed by atoms with E-state index >= 15 is 0 Å². The van der Waals surface area contributed by atoms with Crippen LogP contribution >= 0.6 is 0 Å². The lowest BCUT2D eigenvalue weighted by molar-refractivity contribution is -0.0642. The van der Waals surface area contributed by atoms with E-state index < -0.39 is 0 Å². The summed E-state index contributed by atoms with van der Waals surface area (Å²) in [5, 5.41) is 0. The van der Waals surface area contributed by atoms with E-state index in [-0.39, 0.29) is 11.5 Å². The standard InChI is InChI=1S/C25H31N3O3/c1-31-21-6-4-5-17(11-21)12-23-20-13-19(22-7-2-3-10-28(22)23)15-27(16-20)25(30)18-8-9-26-24(29)14-18/h4-6,8-9,11,14,19-20,22-23H,2-3,7,10,12-13,15-16H2,1H3,(H,26,29)/t19-,20+,22+,23+/m1/s1. The van der Waals surface area contributed by atoms with E-state index in [0.29, 0.717) is 29.5 Å². The SMILES string of the molecule is COc1cccc(C[C@H]2[C@H]3C[C@H](CN(C(=O)c4cc[nH]c(=O)c4)C3)[C@@H]3CCCCN32)c1. The van der Waals surface area contributed by atoms with Crippen molar-refractivity contribution in [3.63, 3.8) is 0 Å². The third kappa shape index (κ3) is 4.01. The highest BCUT2D eigenvalue weighted by Gasteiger charge is 2.47. The van der Waals surface area contributed by atoms with Crippen LogP contribution in [0.4, 0.5) is 0 Å². The van der Waals surface area contributed by atoms with Gasteiger partial charge in [0.2, 0.25) is 5.56 Å². The second kappa shape index (κ2) is 8.50. The number of aromatic nitrogens is 1. The first kappa shape index (κ1) is 20.3. The van der Waals surface area contributed by atoms with E-state index in [4.69, 9.17) is 4.74 Å². The number of methoxy groups -OCH3 is 1. The summed E-state index contributed by atoms with van der Waals surface area (Å²) in [7, 11) is 1.71. The Morgan fingerprint density at radius 1 is 1.16 bits per heavy atom. The van der Waals surface area contributed by atoms with Gasteiger partial charge in [-0.3, -0.25) is 14.5 Å². The molecule has 3 aliphatic heterocycles. The smallest absolute Gasteiger partial charge is 0.254 e. The molecular weight excluding hydrogens is 390 g/mol. The van der Waals surface area contributed by atoms with Crippen molar-refractivity contribution in [1.29, 1.82) is 0 Å². The fourth-order valence-corrected chi connectivity index (χ4v) is 6.16. The van der Waals surface area contributed by atoms with Gasteiger partial charge in [-0.25, -0.2) is 0 Å². The van der Waals surface area contributed by atoms with Gasteiger partial charge in [-0.05, 0) is 67.8 Å². The number of rotatable bonds is 4. The van der Waals surface area contributed by atoms with Crippen LogP contribution in [0, 0.1) is 11.8 Å². The summed E-state index contributed by atoms with van der Waals surface area (Å²) in [5.74, 6) is 1.86. The molecule has 0 radical (unpaired) electrons. The lowest BCUT2D eigenvalue weighted by atomic mass is 9.71. The number of ether oxygens (including phenoxy) is 1. The van der Waals surface area contributed by atoms with E-state index in [0.717, 1.165) is 31.8 Å². The maximum Gasteiger partial charge on any atom is 0.254 e. The Balaban J connectivity index is 1.41. The van der Waals surface area contributed by atoms with Gasteiger partial charge in [0.1, 0.15) is 5.75 Å². The lowest BCUT2D eigenvalue weighted by Crippen LogP contribution is -2.64. The monoisotopic (exact) mass is 421 g/mol. The summed E-state index contributed by atoms with van der Waals surface area (Å²) in [6.07, 6.45) is 7.50. The van der Waals surface area contributed by atoms with Gasteiger partial charge in [0, 0.05) is 43.0 Å². The summed E-state index contributed by atoms with van der Waals surface area (Å²) >= 11 is 0. The van der Waals surface area contributed by atoms with E-state index in [1.807, 2.05) is 11.0 Å². The molecule has 0 unspecified atom stereocenters. The first-order valence-electron chi connectivity index (χ1n) is 11.5. The van der Waals surface area contributed by atoms with E-state index in [9.17, 15) is 9.59 Å². The number of nitrogens with zero attached hydrogens (tertiary/aromatic N) is 2. The number of fused-ring (bicyclic) bond motifs is 4. The van der Waals surface area contributed by atoms with Gasteiger partial charge < -0.3 is 14.6 Å². The number of nitrogens with one attached hydrogen (secondary N) is 1. The number of carbonyl (C=O) groups excluding carboxylic acids is 1. The predicted molar refractivity (Wildman–Crippen MR) is 119 cm³/mol. The van der Waals surface area contributed by atoms with Crippen molar-refractivity contribution in [3.8, 4) is 5.75 Å². The molecule has 3 fully saturated rings. The van der Waals surface area contributed by atoms with Gasteiger partial charge in [-0.1, -0.05) is 18.6 Å². The minimum Gasteiger partial charge on any atom is -0.497 e. The van der Waals surface area contributed by atoms with Gasteiger partial charge in [-0.15, -0.1) is 0 Å². The first-order valence-corrected chi connectivity index (χ1v) is 11.5. The predicted octanol–water partition coefficient (Wildman–Crippen LogP) is 2.94. The van der Waals surface area contributed by atoms with Crippen molar-refractivity contribution in [1.82, 2.24) is 14.8 Å². The molecule has 6 nitrogen and oxygen atoms in total. The zero-order chi connectivity index (χ0) is 21.4. The topological polar surface area (TPSA) is 65.6 Å². The van der Waals surface area contributed by atoms with Gasteiger partial charge in [0.15, 0.2) is 0 Å². The molecule has 1 aromatic carbocycles. The van der Waals surface area contributed by atoms with Crippen molar-refractivity contribution in [2.45, 2.75) is 44.2 Å². The van der Waals surface area contributed by atoms with Gasteiger partial charge in [0.25, 0.3) is 5.91 Å². The molecule has 0 spiro atoms. The molecule has 2 aromatic rings. The van der Waals surface area contributed by atoms with E-state index in [1.165, 1.54) is 37.3 Å². The number of piperidine rings is 3. The Labute approximate surface area is 183 Å². The number of H-pyrrole nitrogens is 1. The molecule has 5 rings (SSSR count). The lowest BCUT2D eigenvalue weighted by Gasteiger charge is -2.57. The number of carbonyl (C=O) groups is 1. The highest BCUT2D eigenvalue weighted by atomic mass is 16.5. The fraction of sp³-hybridized carbons (Fsp3) is 0.520. The molecular formula is C25H31N3O3. The molecule has 4 atom stereocenters. The number of pyridine rings is 1. The van der Waals surface area contributed by atoms with Crippen LogP contribution < -0.4 is 10.3 Å². The van der Waals surface area contributed by atoms with E-state index in [2.05, 4.69) is 28.1 Å². The van der Waals surface area contributed by atoms with Crippen LogP contribution in [0.5, 0.6) is 5.75 Å². The van der Waals surface area contributed by atoms with Crippen LogP contribution in [0.25, 0.3) is 0 Å². The van der Waals surface area contributed by atoms with E-state index in [1.54, 1.807) is 19.4 Å². The van der Waals surface area contributed by atoms with Crippen molar-refractivity contribution in [2.75, 3.05) is 26.7 Å². The molecule has 3 aliphatic rings. The molecule has 1 N–H and O–H groups in total. The molecule has 1 amide bonds. The van der Waals surface area contributed by atoms with Crippen LogP contribution in [0.2, 0.25) is 0 Å². The van der Waals surface area contributed by atoms with Gasteiger partial charge in [-0.2, -0.15) is 0 Å². The van der Waals surface area contributed by atoms with Crippen LogP contribution in [-0.4, -0.2) is 59.5 Å². The van der Waals surface area contributed by atoms with Crippen molar-refractivity contribution < 1.29 is 9.53 Å². The number of likely N-dealkylation sites (tertiary alicyclic amines) is 1. The first-order chi connectivity index (χ1) is 15.1. The quantitative estimate of drug-likeness (QED) is 0.824. The summed E-state index contributed by atoms with van der Waals surface area (Å²) in [6.45, 7) is 2.73. The highest BCUT2D eigenvalue weighted by Crippen LogP contribution is 2.42. The number of hydrogen-bond donors (Lipinski definition) is 1. The minimum atomic E-state index is -0.225. The second-order valence-corrected chi connectivity index (χ2v) is 9.33. The molecule has 4 heterocycles. The Morgan fingerprint density at radius 3 is 2.87 bits per heavy atom. The summed E-state index contributed by atoms with van der Waals surface area (Å²) in [5.41, 5.74) is 1.57. The highest BCUT2D eigenvalue weighted by molar-refractivity contribution is 5.94. The second-order valence-electron chi connectivity index (χ2n) is 9.33. The van der Waals surface area contributed by atoms with Crippen molar-refractivity contribution in [2.24, 2.45) is 11.8 Å². The van der Waals surface area contributed by atoms with Crippen molar-refractivity contribution >= 4 is 5.91 Å². The summed E-state index contributed by atoms with van der Waals surface area (Å²) < 4.78 is 5.44. The van der Waals surface area contributed by atoms with Gasteiger partial charge >= 0.3 is 0 Å². The van der Waals surface area contributed by atoms with Crippen LogP contribution in [0.15, 0.2) is 47.4 Å². The average Bonchev–Trinajstić information content (AvgIpc) is 2.81. The molecule has 0 saturated carbocycles. The van der Waals surface area contributed by atoms with Crippen LogP contribution in [-0.2, 0) is 6.42 Å². The summed E-state index contributed by atoms with van der Waals surface area (Å²) in [4.78, 5) is 32.3. The van der Waals surface area contributed by atoms with Crippen molar-refractivity contribution in [3.05, 3.63) is 64.1 Å². The van der Waals surface area contributed by atoms with Crippen LogP contribution in [0.1, 0.15) is 41.6 Å². The molecule has 164 valence electrons. The Hall–Kier alpha value is -2.60. The fourth-order valence-electron chi connectivity index (χ4n) is 6.16. The zero-order valence-electron chi connectivity index (χ0n) is 18.1. The molecule has 3 saturated heterocycles. The van der Waals surface area contributed by atoms with Crippen LogP contribution in [0.3, 0.4) is 0 Å². The number of hydrogen-bond acceptors (Lipinski definition) is 4. The molecule has 1 aromatic heterocycles. The Bertz CT molecular complexity index is 1000. The minimum absolute atomic E-state index is 0.00908. The third-order valence-electron chi connectivity index (χ3n) is 7.51. The third-order valence-corrected chi connectivity index (χ3v) is 7.51. The maximum absolute atomic E-state index is 13.2. The summed E-state index contributed by atoms with van der Waals surface area (Å²) in [6, 6.07) is 12.5. The zero-order valence-corrected chi connectivity index (χ0v) is 18.1. The Morgan fingerprint density at radius 2 is 2.03 bits per heavy atom. The molecule has 6 heteroatoms. The average molecular weight is 422 g/mol. The van der Waals surface area contributed by atoms with Gasteiger partial charge in [0.05, 0.1) is 7.11 Å². The Kier molecular flexibility index (Phi) is 5.57.